The molecule has 0 bridgehead atoms. The number of hydrogen-bond donors (Lipinski definition) is 0. The molecule has 0 N–H and O–H groups in total. The number of carbonyl (C=O) groups excluding carboxylic acids is 1. The van der Waals surface area contributed by atoms with Gasteiger partial charge in [-0.25, -0.2) is 4.79 Å². The van der Waals surface area contributed by atoms with Crippen molar-refractivity contribution in [1.29, 1.82) is 0 Å². The van der Waals surface area contributed by atoms with Crippen LogP contribution in [0.3, 0.4) is 0 Å². The summed E-state index contributed by atoms with van der Waals surface area (Å²) in [5, 5.41) is 0. The summed E-state index contributed by atoms with van der Waals surface area (Å²) in [6.45, 7) is 0. The fourth-order valence-electron chi connectivity index (χ4n) is 0.768. The van der Waals surface area contributed by atoms with Gasteiger partial charge in [0, 0.05) is 6.08 Å². The predicted octanol–water partition coefficient (Wildman–Crippen LogP) is 2.03. The van der Waals surface area contributed by atoms with Crippen LogP contribution in [0.25, 0.3) is 6.08 Å². The topological polar surface area (TPSA) is 26.3 Å². The molecule has 12 heavy (non-hydrogen) atoms. The van der Waals surface area contributed by atoms with Crippen LogP contribution < -0.4 is 0 Å². The van der Waals surface area contributed by atoms with E-state index >= 15 is 0 Å². The molecule has 0 saturated carbocycles. The summed E-state index contributed by atoms with van der Waals surface area (Å²) < 4.78 is 4.36. The maximum absolute atomic E-state index is 10.7. The second kappa shape index (κ2) is 4.68. The van der Waals surface area contributed by atoms with E-state index < -0.39 is 0 Å². The second-order valence-electron chi connectivity index (χ2n) is 2.18. The third kappa shape index (κ3) is 2.85. The van der Waals surface area contributed by atoms with Gasteiger partial charge < -0.3 is 4.52 Å². The Hall–Kier alpha value is -1.14. The van der Waals surface area contributed by atoms with Crippen LogP contribution >= 0.6 is 9.47 Å². The molecule has 0 heterocycles. The average Bonchev–Trinajstić information content (AvgIpc) is 2.16. The van der Waals surface area contributed by atoms with Crippen molar-refractivity contribution in [2.75, 3.05) is 0 Å². The normalized spacial score (nSPS) is 10.1. The van der Waals surface area contributed by atoms with Crippen LogP contribution in [-0.4, -0.2) is 5.97 Å². The van der Waals surface area contributed by atoms with E-state index in [-0.39, 0.29) is 5.97 Å². The molecule has 0 aliphatic heterocycles. The van der Waals surface area contributed by atoms with Crippen molar-refractivity contribution < 1.29 is 9.32 Å². The van der Waals surface area contributed by atoms with E-state index in [9.17, 15) is 4.79 Å². The number of benzene rings is 1. The molecule has 0 aliphatic carbocycles. The van der Waals surface area contributed by atoms with Gasteiger partial charge in [0.2, 0.25) is 0 Å². The Labute approximate surface area is 73.5 Å². The highest BCUT2D eigenvalue weighted by Crippen LogP contribution is 2.01. The van der Waals surface area contributed by atoms with Crippen molar-refractivity contribution in [3.63, 3.8) is 0 Å². The first-order chi connectivity index (χ1) is 5.83. The molecule has 1 aromatic carbocycles. The molecule has 0 saturated heterocycles. The summed E-state index contributed by atoms with van der Waals surface area (Å²) in [6, 6.07) is 9.56. The van der Waals surface area contributed by atoms with Crippen LogP contribution in [0.1, 0.15) is 5.56 Å². The first kappa shape index (κ1) is 8.95. The predicted molar refractivity (Wildman–Crippen MR) is 51.3 cm³/mol. The highest BCUT2D eigenvalue weighted by atomic mass is 31.0. The monoisotopic (exact) mass is 180 g/mol. The molecule has 3 heteroatoms. The standard InChI is InChI=1S/C9H9O2P/c10-9(11-12)7-6-8-4-2-1-3-5-8/h1-7H,12H2/b7-6+. The van der Waals surface area contributed by atoms with E-state index in [0.717, 1.165) is 5.56 Å². The van der Waals surface area contributed by atoms with E-state index in [1.165, 1.54) is 6.08 Å². The molecule has 0 aliphatic rings. The van der Waals surface area contributed by atoms with Gasteiger partial charge in [-0.3, -0.25) is 0 Å². The molecule has 1 atom stereocenters. The highest BCUT2D eigenvalue weighted by Gasteiger charge is 1.89. The number of rotatable bonds is 2. The Bertz CT molecular complexity index is 280. The zero-order valence-corrected chi connectivity index (χ0v) is 7.59. The Morgan fingerprint density at radius 1 is 1.33 bits per heavy atom. The maximum Gasteiger partial charge on any atom is 0.332 e. The smallest absolute Gasteiger partial charge is 0.332 e. The van der Waals surface area contributed by atoms with Crippen LogP contribution in [0.15, 0.2) is 36.4 Å². The molecule has 0 fully saturated rings. The lowest BCUT2D eigenvalue weighted by Crippen LogP contribution is -1.87. The van der Waals surface area contributed by atoms with Crippen molar-refractivity contribution >= 4 is 21.5 Å². The van der Waals surface area contributed by atoms with Gasteiger partial charge in [-0.05, 0) is 11.6 Å². The fraction of sp³-hybridized carbons (Fsp3) is 0. The summed E-state index contributed by atoms with van der Waals surface area (Å²) in [5.41, 5.74) is 0.980. The minimum Gasteiger partial charge on any atom is -0.448 e. The molecular formula is C9H9O2P. The zero-order valence-electron chi connectivity index (χ0n) is 6.44. The quantitative estimate of drug-likeness (QED) is 0.514. The van der Waals surface area contributed by atoms with Gasteiger partial charge in [0.05, 0.1) is 9.47 Å². The summed E-state index contributed by atoms with van der Waals surface area (Å²) in [4.78, 5) is 10.7. The highest BCUT2D eigenvalue weighted by molar-refractivity contribution is 7.10. The fourth-order valence-corrected chi connectivity index (χ4v) is 0.846. The van der Waals surface area contributed by atoms with Gasteiger partial charge in [-0.15, -0.1) is 0 Å². The summed E-state index contributed by atoms with van der Waals surface area (Å²) in [6.07, 6.45) is 3.08. The Morgan fingerprint density at radius 3 is 2.58 bits per heavy atom. The van der Waals surface area contributed by atoms with Crippen molar-refractivity contribution in [3.05, 3.63) is 42.0 Å². The van der Waals surface area contributed by atoms with Crippen LogP contribution in [0, 0.1) is 0 Å². The van der Waals surface area contributed by atoms with Crippen molar-refractivity contribution in [2.24, 2.45) is 0 Å². The van der Waals surface area contributed by atoms with Gasteiger partial charge in [-0.1, -0.05) is 30.3 Å². The molecule has 0 spiro atoms. The van der Waals surface area contributed by atoms with Gasteiger partial charge in [-0.2, -0.15) is 0 Å². The molecule has 2 nitrogen and oxygen atoms in total. The van der Waals surface area contributed by atoms with Crippen LogP contribution in [0.4, 0.5) is 0 Å². The molecule has 0 amide bonds. The van der Waals surface area contributed by atoms with Crippen LogP contribution in [-0.2, 0) is 9.32 Å². The Balaban J connectivity index is 2.64. The summed E-state index contributed by atoms with van der Waals surface area (Å²) >= 11 is 0. The Morgan fingerprint density at radius 2 is 2.00 bits per heavy atom. The summed E-state index contributed by atoms with van der Waals surface area (Å²) in [5.74, 6) is -0.371. The van der Waals surface area contributed by atoms with E-state index in [1.807, 2.05) is 39.8 Å². The Kier molecular flexibility index (Phi) is 3.49. The van der Waals surface area contributed by atoms with Crippen molar-refractivity contribution in [1.82, 2.24) is 0 Å². The van der Waals surface area contributed by atoms with Crippen molar-refractivity contribution in [3.8, 4) is 0 Å². The van der Waals surface area contributed by atoms with E-state index in [4.69, 9.17) is 0 Å². The maximum atomic E-state index is 10.7. The lowest BCUT2D eigenvalue weighted by Gasteiger charge is -1.90. The lowest BCUT2D eigenvalue weighted by atomic mass is 10.2. The van der Waals surface area contributed by atoms with Gasteiger partial charge >= 0.3 is 5.97 Å². The molecule has 0 radical (unpaired) electrons. The third-order valence-electron chi connectivity index (χ3n) is 1.33. The first-order valence-corrected chi connectivity index (χ1v) is 3.94. The molecule has 1 rings (SSSR count). The zero-order chi connectivity index (χ0) is 8.81. The largest absolute Gasteiger partial charge is 0.448 e. The van der Waals surface area contributed by atoms with E-state index in [0.29, 0.717) is 0 Å². The van der Waals surface area contributed by atoms with Gasteiger partial charge in [0.15, 0.2) is 0 Å². The molecule has 1 aromatic rings. The molecule has 1 unspecified atom stereocenters. The third-order valence-corrected chi connectivity index (χ3v) is 1.56. The SMILES string of the molecule is O=C(/C=C/c1ccccc1)OP. The average molecular weight is 180 g/mol. The van der Waals surface area contributed by atoms with E-state index in [1.54, 1.807) is 6.08 Å². The summed E-state index contributed by atoms with van der Waals surface area (Å²) in [7, 11) is 1.90. The van der Waals surface area contributed by atoms with Crippen LogP contribution in [0.2, 0.25) is 0 Å². The molecule has 0 aromatic heterocycles. The van der Waals surface area contributed by atoms with Crippen molar-refractivity contribution in [2.45, 2.75) is 0 Å². The molecule has 62 valence electrons. The minimum absolute atomic E-state index is 0.371. The second-order valence-corrected chi connectivity index (χ2v) is 2.42. The van der Waals surface area contributed by atoms with Crippen LogP contribution in [0.5, 0.6) is 0 Å². The first-order valence-electron chi connectivity index (χ1n) is 3.47. The minimum atomic E-state index is -0.371. The van der Waals surface area contributed by atoms with Gasteiger partial charge in [0.25, 0.3) is 0 Å². The lowest BCUT2D eigenvalue weighted by molar-refractivity contribution is -0.127. The number of carbonyl (C=O) groups is 1. The van der Waals surface area contributed by atoms with Gasteiger partial charge in [0.1, 0.15) is 0 Å². The molecular weight excluding hydrogens is 171 g/mol. The number of hydrogen-bond acceptors (Lipinski definition) is 2. The van der Waals surface area contributed by atoms with E-state index in [2.05, 4.69) is 4.52 Å².